The van der Waals surface area contributed by atoms with Gasteiger partial charge in [-0.15, -0.1) is 11.3 Å². The predicted molar refractivity (Wildman–Crippen MR) is 158 cm³/mol. The van der Waals surface area contributed by atoms with Gasteiger partial charge < -0.3 is 9.80 Å². The minimum absolute atomic E-state index is 0.0901. The van der Waals surface area contributed by atoms with Gasteiger partial charge in [0.05, 0.1) is 26.2 Å². The van der Waals surface area contributed by atoms with Gasteiger partial charge in [-0.3, -0.25) is 15.4 Å². The van der Waals surface area contributed by atoms with Crippen LogP contribution in [0.5, 0.6) is 0 Å². The Bertz CT molecular complexity index is 1410. The summed E-state index contributed by atoms with van der Waals surface area (Å²) >= 11 is 9.38. The number of carbonyl (C=O) groups is 2. The lowest BCUT2D eigenvalue weighted by Gasteiger charge is -2.19. The molecule has 2 aromatic carbocycles. The highest BCUT2D eigenvalue weighted by Gasteiger charge is 2.19. The Morgan fingerprint density at radius 2 is 1.89 bits per heavy atom. The first-order valence-corrected chi connectivity index (χ1v) is 15.8. The summed E-state index contributed by atoms with van der Waals surface area (Å²) in [5.74, 6) is -0.519. The maximum absolute atomic E-state index is 13.0. The van der Waals surface area contributed by atoms with Crippen LogP contribution >= 0.6 is 45.5 Å². The van der Waals surface area contributed by atoms with Crippen LogP contribution in [-0.2, 0) is 9.84 Å². The lowest BCUT2D eigenvalue weighted by atomic mass is 10.2. The summed E-state index contributed by atoms with van der Waals surface area (Å²) in [6.45, 7) is 4.81. The number of hydrogen-bond donors (Lipinski definition) is 2. The molecule has 0 radical (unpaired) electrons. The molecule has 1 aromatic heterocycles. The van der Waals surface area contributed by atoms with Crippen molar-refractivity contribution in [2.24, 2.45) is 0 Å². The Labute approximate surface area is 239 Å². The quantitative estimate of drug-likeness (QED) is 0.346. The zero-order valence-electron chi connectivity index (χ0n) is 20.3. The van der Waals surface area contributed by atoms with Gasteiger partial charge in [-0.1, -0.05) is 17.7 Å². The number of sulfone groups is 1. The van der Waals surface area contributed by atoms with E-state index in [2.05, 4.69) is 50.1 Å². The van der Waals surface area contributed by atoms with Crippen LogP contribution in [0, 0.1) is 3.57 Å². The summed E-state index contributed by atoms with van der Waals surface area (Å²) in [7, 11) is -1.31. The standard InChI is InChI=1S/C25H28ClIN4O4S2/c1-30-8-2-9-31(12-11-30)10-3-13-37(34,35)19-6-4-17-14-23(36-22(17)16-19)28-25(33)29-24(32)20-15-18(27)5-7-21(20)26/h4-7,14-16H,2-3,8-13H2,1H3,(H2,28,29,32,33). The van der Waals surface area contributed by atoms with Gasteiger partial charge in [-0.25, -0.2) is 13.2 Å². The molecule has 2 heterocycles. The van der Waals surface area contributed by atoms with E-state index in [1.165, 1.54) is 11.3 Å². The van der Waals surface area contributed by atoms with E-state index in [1.807, 2.05) is 0 Å². The molecule has 12 heteroatoms. The van der Waals surface area contributed by atoms with E-state index >= 15 is 0 Å². The predicted octanol–water partition coefficient (Wildman–Crippen LogP) is 4.92. The minimum Gasteiger partial charge on any atom is -0.305 e. The summed E-state index contributed by atoms with van der Waals surface area (Å²) in [6.07, 6.45) is 1.68. The summed E-state index contributed by atoms with van der Waals surface area (Å²) in [6, 6.07) is 11.0. The van der Waals surface area contributed by atoms with E-state index in [0.29, 0.717) is 11.4 Å². The summed E-state index contributed by atoms with van der Waals surface area (Å²) in [4.78, 5) is 29.7. The maximum Gasteiger partial charge on any atom is 0.326 e. The number of likely N-dealkylation sites (N-methyl/N-ethyl adjacent to an activating group) is 1. The Hall–Kier alpha value is -1.77. The van der Waals surface area contributed by atoms with Crippen molar-refractivity contribution < 1.29 is 18.0 Å². The molecule has 1 fully saturated rings. The number of carbonyl (C=O) groups excluding carboxylic acids is 2. The van der Waals surface area contributed by atoms with Crippen LogP contribution in [0.3, 0.4) is 0 Å². The van der Waals surface area contributed by atoms with E-state index in [1.54, 1.807) is 42.5 Å². The number of rotatable bonds is 7. The normalized spacial score (nSPS) is 15.4. The number of fused-ring (bicyclic) bond motifs is 1. The smallest absolute Gasteiger partial charge is 0.305 e. The van der Waals surface area contributed by atoms with Crippen LogP contribution in [0.25, 0.3) is 10.1 Å². The third-order valence-electron chi connectivity index (χ3n) is 6.19. The molecule has 1 aliphatic heterocycles. The molecule has 1 aliphatic rings. The average molecular weight is 675 g/mol. The zero-order chi connectivity index (χ0) is 26.6. The molecule has 0 aliphatic carbocycles. The van der Waals surface area contributed by atoms with Crippen LogP contribution in [-0.4, -0.2) is 75.7 Å². The number of urea groups is 1. The first-order valence-electron chi connectivity index (χ1n) is 11.9. The zero-order valence-corrected chi connectivity index (χ0v) is 24.8. The molecule has 37 heavy (non-hydrogen) atoms. The molecular formula is C25H28ClIN4O4S2. The number of benzene rings is 2. The van der Waals surface area contributed by atoms with Crippen molar-refractivity contribution >= 4 is 82.4 Å². The van der Waals surface area contributed by atoms with E-state index in [0.717, 1.165) is 52.8 Å². The number of imide groups is 1. The fraction of sp³-hybridized carbons (Fsp3) is 0.360. The van der Waals surface area contributed by atoms with Gasteiger partial charge in [-0.05, 0) is 104 Å². The molecule has 3 amide bonds. The molecule has 198 valence electrons. The third-order valence-corrected chi connectivity index (χ3v) is 10.00. The minimum atomic E-state index is -3.43. The lowest BCUT2D eigenvalue weighted by Crippen LogP contribution is -2.34. The van der Waals surface area contributed by atoms with Crippen molar-refractivity contribution in [1.29, 1.82) is 0 Å². The van der Waals surface area contributed by atoms with Crippen molar-refractivity contribution in [2.45, 2.75) is 17.7 Å². The molecule has 0 atom stereocenters. The number of anilines is 1. The second kappa shape index (κ2) is 12.4. The van der Waals surface area contributed by atoms with Gasteiger partial charge in [0.25, 0.3) is 5.91 Å². The molecule has 0 saturated carbocycles. The average Bonchev–Trinajstić information content (AvgIpc) is 3.12. The summed E-state index contributed by atoms with van der Waals surface area (Å²) < 4.78 is 27.5. The highest BCUT2D eigenvalue weighted by Crippen LogP contribution is 2.32. The largest absolute Gasteiger partial charge is 0.326 e. The maximum atomic E-state index is 13.0. The van der Waals surface area contributed by atoms with Crippen LogP contribution in [0.15, 0.2) is 47.4 Å². The Balaban J connectivity index is 1.36. The first kappa shape index (κ1) is 28.2. The van der Waals surface area contributed by atoms with Crippen molar-refractivity contribution in [2.75, 3.05) is 50.8 Å². The Morgan fingerprint density at radius 3 is 2.70 bits per heavy atom. The second-order valence-corrected chi connectivity index (χ2v) is 13.9. The Kier molecular flexibility index (Phi) is 9.46. The number of thiophene rings is 1. The molecule has 1 saturated heterocycles. The van der Waals surface area contributed by atoms with Crippen molar-refractivity contribution in [3.05, 3.63) is 56.6 Å². The molecule has 2 N–H and O–H groups in total. The van der Waals surface area contributed by atoms with Gasteiger partial charge in [0, 0.05) is 21.4 Å². The molecule has 8 nitrogen and oxygen atoms in total. The molecule has 3 aromatic rings. The summed E-state index contributed by atoms with van der Waals surface area (Å²) in [5, 5.41) is 6.47. The molecule has 4 rings (SSSR count). The fourth-order valence-electron chi connectivity index (χ4n) is 4.17. The molecule has 0 unspecified atom stereocenters. The van der Waals surface area contributed by atoms with E-state index in [9.17, 15) is 18.0 Å². The molecular weight excluding hydrogens is 647 g/mol. The van der Waals surface area contributed by atoms with Crippen LogP contribution in [0.4, 0.5) is 9.80 Å². The third kappa shape index (κ3) is 7.64. The second-order valence-electron chi connectivity index (χ2n) is 9.01. The van der Waals surface area contributed by atoms with Gasteiger partial charge in [0.2, 0.25) is 0 Å². The van der Waals surface area contributed by atoms with Crippen LogP contribution in [0.1, 0.15) is 23.2 Å². The number of amides is 3. The van der Waals surface area contributed by atoms with Gasteiger partial charge >= 0.3 is 6.03 Å². The number of halogens is 2. The Morgan fingerprint density at radius 1 is 1.08 bits per heavy atom. The SMILES string of the molecule is CN1CCCN(CCCS(=O)(=O)c2ccc3cc(NC(=O)NC(=O)c4cc(I)ccc4Cl)sc3c2)CC1. The number of nitrogens with one attached hydrogen (secondary N) is 2. The van der Waals surface area contributed by atoms with Crippen LogP contribution in [0.2, 0.25) is 5.02 Å². The molecule has 0 spiro atoms. The first-order chi connectivity index (χ1) is 17.6. The van der Waals surface area contributed by atoms with E-state index < -0.39 is 21.8 Å². The fourth-order valence-corrected chi connectivity index (χ4v) is 7.26. The number of nitrogens with zero attached hydrogens (tertiary/aromatic N) is 2. The molecule has 0 bridgehead atoms. The van der Waals surface area contributed by atoms with Crippen molar-refractivity contribution in [3.63, 3.8) is 0 Å². The monoisotopic (exact) mass is 674 g/mol. The van der Waals surface area contributed by atoms with Crippen molar-refractivity contribution in [1.82, 2.24) is 15.1 Å². The van der Waals surface area contributed by atoms with Gasteiger partial charge in [-0.2, -0.15) is 0 Å². The van der Waals surface area contributed by atoms with Crippen molar-refractivity contribution in [3.8, 4) is 0 Å². The summed E-state index contributed by atoms with van der Waals surface area (Å²) in [5.41, 5.74) is 0.207. The topological polar surface area (TPSA) is 98.8 Å². The van der Waals surface area contributed by atoms with E-state index in [-0.39, 0.29) is 21.2 Å². The van der Waals surface area contributed by atoms with Crippen LogP contribution < -0.4 is 10.6 Å². The lowest BCUT2D eigenvalue weighted by molar-refractivity contribution is 0.0967. The van der Waals surface area contributed by atoms with E-state index in [4.69, 9.17) is 11.6 Å². The highest BCUT2D eigenvalue weighted by atomic mass is 127. The number of hydrogen-bond acceptors (Lipinski definition) is 7. The van der Waals surface area contributed by atoms with Gasteiger partial charge in [0.15, 0.2) is 9.84 Å². The highest BCUT2D eigenvalue weighted by molar-refractivity contribution is 14.1. The van der Waals surface area contributed by atoms with Gasteiger partial charge in [0.1, 0.15) is 0 Å².